The predicted octanol–water partition coefficient (Wildman–Crippen LogP) is 2.81. The molecule has 3 nitrogen and oxygen atoms in total. The van der Waals surface area contributed by atoms with E-state index in [0.717, 1.165) is 18.5 Å². The molecule has 1 aromatic heterocycles. The Hall–Kier alpha value is -1.77. The summed E-state index contributed by atoms with van der Waals surface area (Å²) in [5, 5.41) is 2.88. The predicted molar refractivity (Wildman–Crippen MR) is 64.6 cm³/mol. The number of hydrogen-bond donors (Lipinski definition) is 1. The summed E-state index contributed by atoms with van der Waals surface area (Å²) in [5.41, 5.74) is 3.62. The number of hydrogen-bond acceptors (Lipinski definition) is 3. The normalized spacial score (nSPS) is 10.4. The summed E-state index contributed by atoms with van der Waals surface area (Å²) < 4.78 is 5.20. The lowest BCUT2D eigenvalue weighted by Gasteiger charge is -1.99. The largest absolute Gasteiger partial charge is 0.432 e. The van der Waals surface area contributed by atoms with Crippen LogP contribution >= 0.6 is 0 Å². The Labute approximate surface area is 95.5 Å². The molecule has 1 aromatic carbocycles. The minimum absolute atomic E-state index is 0.582. The van der Waals surface area contributed by atoms with Crippen molar-refractivity contribution in [3.8, 4) is 0 Å². The first kappa shape index (κ1) is 10.7. The van der Waals surface area contributed by atoms with Crippen LogP contribution in [-0.2, 0) is 12.8 Å². The molecule has 0 spiro atoms. The van der Waals surface area contributed by atoms with E-state index in [-0.39, 0.29) is 0 Å². The van der Waals surface area contributed by atoms with E-state index in [9.17, 15) is 0 Å². The third-order valence-corrected chi connectivity index (χ3v) is 2.56. The zero-order valence-corrected chi connectivity index (χ0v) is 9.66. The first-order valence-electron chi connectivity index (χ1n) is 5.45. The molecule has 0 unspecified atom stereocenters. The third kappa shape index (κ3) is 2.63. The van der Waals surface area contributed by atoms with Gasteiger partial charge in [-0.15, -0.1) is 0 Å². The Balaban J connectivity index is 1.94. The van der Waals surface area contributed by atoms with Crippen LogP contribution in [0, 0.1) is 6.92 Å². The highest BCUT2D eigenvalue weighted by Crippen LogP contribution is 2.10. The second-order valence-corrected chi connectivity index (χ2v) is 3.88. The van der Waals surface area contributed by atoms with Crippen molar-refractivity contribution in [2.75, 3.05) is 12.4 Å². The van der Waals surface area contributed by atoms with Gasteiger partial charge in [0.25, 0.3) is 6.01 Å². The van der Waals surface area contributed by atoms with Gasteiger partial charge in [0.1, 0.15) is 6.26 Å². The fourth-order valence-electron chi connectivity index (χ4n) is 1.56. The maximum Gasteiger partial charge on any atom is 0.294 e. The number of nitrogens with zero attached hydrogens (tertiary/aromatic N) is 1. The SMILES string of the molecule is CNc1nc(CCc2ccc(C)cc2)co1. The summed E-state index contributed by atoms with van der Waals surface area (Å²) in [7, 11) is 1.80. The van der Waals surface area contributed by atoms with Gasteiger partial charge in [-0.25, -0.2) is 0 Å². The highest BCUT2D eigenvalue weighted by molar-refractivity contribution is 5.23. The van der Waals surface area contributed by atoms with E-state index in [1.54, 1.807) is 13.3 Å². The second kappa shape index (κ2) is 4.84. The summed E-state index contributed by atoms with van der Waals surface area (Å²) in [5.74, 6) is 0. The zero-order valence-electron chi connectivity index (χ0n) is 9.66. The average molecular weight is 216 g/mol. The summed E-state index contributed by atoms with van der Waals surface area (Å²) in [4.78, 5) is 4.28. The first-order valence-corrected chi connectivity index (χ1v) is 5.45. The van der Waals surface area contributed by atoms with Gasteiger partial charge in [0.2, 0.25) is 0 Å². The molecule has 2 rings (SSSR count). The molecule has 16 heavy (non-hydrogen) atoms. The van der Waals surface area contributed by atoms with Crippen LogP contribution in [0.3, 0.4) is 0 Å². The lowest BCUT2D eigenvalue weighted by molar-refractivity contribution is 0.573. The standard InChI is InChI=1S/C13H16N2O/c1-10-3-5-11(6-4-10)7-8-12-9-16-13(14-2)15-12/h3-6,9H,7-8H2,1-2H3,(H,14,15). The first-order chi connectivity index (χ1) is 7.78. The lowest BCUT2D eigenvalue weighted by Crippen LogP contribution is -1.93. The maximum atomic E-state index is 5.20. The molecule has 0 amide bonds. The lowest BCUT2D eigenvalue weighted by atomic mass is 10.1. The molecule has 2 aromatic rings. The average Bonchev–Trinajstić information content (AvgIpc) is 2.76. The van der Waals surface area contributed by atoms with Crippen molar-refractivity contribution in [3.63, 3.8) is 0 Å². The van der Waals surface area contributed by atoms with Crippen LogP contribution in [0.5, 0.6) is 0 Å². The Morgan fingerprint density at radius 2 is 1.94 bits per heavy atom. The van der Waals surface area contributed by atoms with Crippen LogP contribution < -0.4 is 5.32 Å². The Morgan fingerprint density at radius 3 is 2.56 bits per heavy atom. The second-order valence-electron chi connectivity index (χ2n) is 3.88. The molecule has 0 saturated carbocycles. The zero-order chi connectivity index (χ0) is 11.4. The van der Waals surface area contributed by atoms with Crippen LogP contribution in [0.4, 0.5) is 6.01 Å². The molecule has 3 heteroatoms. The van der Waals surface area contributed by atoms with Gasteiger partial charge in [-0.05, 0) is 25.3 Å². The molecular formula is C13H16N2O. The summed E-state index contributed by atoms with van der Waals surface area (Å²) >= 11 is 0. The van der Waals surface area contributed by atoms with Crippen LogP contribution in [0.15, 0.2) is 34.9 Å². The van der Waals surface area contributed by atoms with E-state index in [2.05, 4.69) is 41.5 Å². The monoisotopic (exact) mass is 216 g/mol. The topological polar surface area (TPSA) is 38.1 Å². The van der Waals surface area contributed by atoms with Gasteiger partial charge < -0.3 is 9.73 Å². The van der Waals surface area contributed by atoms with E-state index < -0.39 is 0 Å². The van der Waals surface area contributed by atoms with Crippen LogP contribution in [0.2, 0.25) is 0 Å². The highest BCUT2D eigenvalue weighted by atomic mass is 16.4. The minimum Gasteiger partial charge on any atom is -0.432 e. The third-order valence-electron chi connectivity index (χ3n) is 2.56. The Kier molecular flexibility index (Phi) is 3.25. The molecule has 0 saturated heterocycles. The van der Waals surface area contributed by atoms with Crippen LogP contribution in [0.1, 0.15) is 16.8 Å². The molecule has 1 heterocycles. The quantitative estimate of drug-likeness (QED) is 0.854. The van der Waals surface area contributed by atoms with Crippen molar-refractivity contribution in [3.05, 3.63) is 47.3 Å². The number of nitrogens with one attached hydrogen (secondary N) is 1. The van der Waals surface area contributed by atoms with Crippen molar-refractivity contribution in [2.24, 2.45) is 0 Å². The molecular weight excluding hydrogens is 200 g/mol. The number of aromatic nitrogens is 1. The molecule has 0 radical (unpaired) electrons. The van der Waals surface area contributed by atoms with Crippen LogP contribution in [-0.4, -0.2) is 12.0 Å². The van der Waals surface area contributed by atoms with Crippen molar-refractivity contribution in [1.82, 2.24) is 4.98 Å². The molecule has 84 valence electrons. The maximum absolute atomic E-state index is 5.20. The van der Waals surface area contributed by atoms with E-state index in [0.29, 0.717) is 6.01 Å². The summed E-state index contributed by atoms with van der Waals surface area (Å²) in [6, 6.07) is 9.18. The smallest absolute Gasteiger partial charge is 0.294 e. The van der Waals surface area contributed by atoms with Gasteiger partial charge in [0.15, 0.2) is 0 Å². The van der Waals surface area contributed by atoms with Gasteiger partial charge in [-0.3, -0.25) is 0 Å². The molecule has 0 aliphatic heterocycles. The van der Waals surface area contributed by atoms with Gasteiger partial charge in [-0.1, -0.05) is 29.8 Å². The van der Waals surface area contributed by atoms with E-state index in [1.807, 2.05) is 0 Å². The molecule has 0 bridgehead atoms. The van der Waals surface area contributed by atoms with Gasteiger partial charge in [0.05, 0.1) is 5.69 Å². The van der Waals surface area contributed by atoms with E-state index in [4.69, 9.17) is 4.42 Å². The van der Waals surface area contributed by atoms with E-state index in [1.165, 1.54) is 11.1 Å². The minimum atomic E-state index is 0.582. The Bertz CT molecular complexity index is 445. The molecule has 0 aliphatic carbocycles. The number of benzene rings is 1. The highest BCUT2D eigenvalue weighted by Gasteiger charge is 2.02. The fraction of sp³-hybridized carbons (Fsp3) is 0.308. The van der Waals surface area contributed by atoms with Gasteiger partial charge >= 0.3 is 0 Å². The number of rotatable bonds is 4. The number of oxazole rings is 1. The molecule has 0 fully saturated rings. The fourth-order valence-corrected chi connectivity index (χ4v) is 1.56. The molecule has 0 aliphatic rings. The molecule has 1 N–H and O–H groups in total. The Morgan fingerprint density at radius 1 is 1.19 bits per heavy atom. The summed E-state index contributed by atoms with van der Waals surface area (Å²) in [6.45, 7) is 2.10. The molecule has 0 atom stereocenters. The number of anilines is 1. The van der Waals surface area contributed by atoms with Crippen molar-refractivity contribution >= 4 is 6.01 Å². The van der Waals surface area contributed by atoms with Crippen molar-refractivity contribution < 1.29 is 4.42 Å². The van der Waals surface area contributed by atoms with Crippen molar-refractivity contribution in [1.29, 1.82) is 0 Å². The van der Waals surface area contributed by atoms with Crippen molar-refractivity contribution in [2.45, 2.75) is 19.8 Å². The summed E-state index contributed by atoms with van der Waals surface area (Å²) in [6.07, 6.45) is 3.62. The number of aryl methyl sites for hydroxylation is 3. The van der Waals surface area contributed by atoms with Crippen LogP contribution in [0.25, 0.3) is 0 Å². The van der Waals surface area contributed by atoms with Gasteiger partial charge in [-0.2, -0.15) is 4.98 Å². The van der Waals surface area contributed by atoms with Gasteiger partial charge in [0, 0.05) is 7.05 Å². The van der Waals surface area contributed by atoms with E-state index >= 15 is 0 Å².